The highest BCUT2D eigenvalue weighted by atomic mass is 15.4. The number of rotatable bonds is 38. The van der Waals surface area contributed by atoms with Gasteiger partial charge < -0.3 is 9.80 Å². The van der Waals surface area contributed by atoms with Gasteiger partial charge in [-0.05, 0) is 25.7 Å². The van der Waals surface area contributed by atoms with Crippen LogP contribution in [-0.4, -0.2) is 29.1 Å². The van der Waals surface area contributed by atoms with Crippen LogP contribution in [0.2, 0.25) is 0 Å². The number of hydrogen-bond acceptors (Lipinski definition) is 2. The molecule has 1 unspecified atom stereocenters. The van der Waals surface area contributed by atoms with E-state index in [1.807, 2.05) is 0 Å². The Labute approximate surface area is 292 Å². The lowest BCUT2D eigenvalue weighted by atomic mass is 10.0. The first-order valence-electron chi connectivity index (χ1n) is 22.0. The monoisotopic (exact) mass is 645 g/mol. The third-order valence-electron chi connectivity index (χ3n) is 10.8. The van der Waals surface area contributed by atoms with Crippen molar-refractivity contribution in [2.75, 3.05) is 13.1 Å². The molecule has 1 atom stereocenters. The zero-order valence-electron chi connectivity index (χ0n) is 32.5. The molecule has 0 spiro atoms. The van der Waals surface area contributed by atoms with Crippen molar-refractivity contribution in [2.45, 2.75) is 258 Å². The van der Waals surface area contributed by atoms with Crippen LogP contribution in [-0.2, 0) is 0 Å². The lowest BCUT2D eigenvalue weighted by Crippen LogP contribution is -2.39. The standard InChI is InChI=1S/C44H88N2/c1-4-7-10-13-16-19-22-23-24-25-27-30-33-36-39-44-45(40-37-34-31-28-21-18-15-12-9-6-3)42-43-46(44)41-38-35-32-29-26-20-17-14-11-8-5-2/h42-44H,4-41H2,1-3H3. The molecule has 0 radical (unpaired) electrons. The Bertz CT molecular complexity index is 601. The zero-order chi connectivity index (χ0) is 33.0. The fraction of sp³-hybridized carbons (Fsp3) is 0.955. The average molecular weight is 645 g/mol. The summed E-state index contributed by atoms with van der Waals surface area (Å²) < 4.78 is 0. The zero-order valence-corrected chi connectivity index (χ0v) is 32.5. The van der Waals surface area contributed by atoms with E-state index < -0.39 is 0 Å². The molecule has 0 aliphatic carbocycles. The molecule has 0 fully saturated rings. The van der Waals surface area contributed by atoms with Crippen LogP contribution >= 0.6 is 0 Å². The van der Waals surface area contributed by atoms with Crippen molar-refractivity contribution in [2.24, 2.45) is 0 Å². The van der Waals surface area contributed by atoms with Crippen molar-refractivity contribution in [1.82, 2.24) is 9.80 Å². The second-order valence-corrected chi connectivity index (χ2v) is 15.4. The molecule has 0 bridgehead atoms. The van der Waals surface area contributed by atoms with E-state index >= 15 is 0 Å². The number of unbranched alkanes of at least 4 members (excludes halogenated alkanes) is 32. The summed E-state index contributed by atoms with van der Waals surface area (Å²) in [4.78, 5) is 5.46. The van der Waals surface area contributed by atoms with Crippen molar-refractivity contribution in [3.8, 4) is 0 Å². The third kappa shape index (κ3) is 27.3. The van der Waals surface area contributed by atoms with Gasteiger partial charge in [0, 0.05) is 25.5 Å². The summed E-state index contributed by atoms with van der Waals surface area (Å²) in [6.07, 6.45) is 57.4. The van der Waals surface area contributed by atoms with Crippen molar-refractivity contribution >= 4 is 0 Å². The first-order chi connectivity index (χ1) is 22.8. The highest BCUT2D eigenvalue weighted by molar-refractivity contribution is 4.97. The van der Waals surface area contributed by atoms with Crippen LogP contribution in [0.4, 0.5) is 0 Å². The van der Waals surface area contributed by atoms with E-state index in [2.05, 4.69) is 43.0 Å². The van der Waals surface area contributed by atoms with Crippen LogP contribution in [0.1, 0.15) is 252 Å². The molecule has 0 saturated carbocycles. The Morgan fingerprint density at radius 2 is 0.500 bits per heavy atom. The number of nitrogens with zero attached hydrogens (tertiary/aromatic N) is 2. The van der Waals surface area contributed by atoms with Crippen LogP contribution in [0.5, 0.6) is 0 Å². The Hall–Kier alpha value is -0.660. The molecule has 274 valence electrons. The molecule has 1 heterocycles. The minimum Gasteiger partial charge on any atom is -0.356 e. The summed E-state index contributed by atoms with van der Waals surface area (Å²) in [5, 5.41) is 0. The van der Waals surface area contributed by atoms with E-state index in [0.717, 1.165) is 0 Å². The molecule has 1 aliphatic rings. The molecular weight excluding hydrogens is 556 g/mol. The van der Waals surface area contributed by atoms with Gasteiger partial charge in [-0.3, -0.25) is 0 Å². The fourth-order valence-electron chi connectivity index (χ4n) is 7.60. The SMILES string of the molecule is CCCCCCCCCCCCCCCCC1N(CCCCCCCCCCCC)C=CN1CCCCCCCCCCCCC. The van der Waals surface area contributed by atoms with Gasteiger partial charge in [-0.1, -0.05) is 226 Å². The van der Waals surface area contributed by atoms with Gasteiger partial charge in [-0.2, -0.15) is 0 Å². The smallest absolute Gasteiger partial charge is 0.101 e. The first kappa shape index (κ1) is 43.4. The quantitative estimate of drug-likeness (QED) is 0.0617. The molecule has 0 aromatic heterocycles. The molecule has 1 rings (SSSR count). The van der Waals surface area contributed by atoms with E-state index in [4.69, 9.17) is 0 Å². The van der Waals surface area contributed by atoms with Gasteiger partial charge in [-0.15, -0.1) is 0 Å². The molecule has 0 aromatic rings. The summed E-state index contributed by atoms with van der Waals surface area (Å²) in [6, 6.07) is 0. The van der Waals surface area contributed by atoms with Gasteiger partial charge in [0.15, 0.2) is 0 Å². The van der Waals surface area contributed by atoms with E-state index in [0.29, 0.717) is 6.17 Å². The largest absolute Gasteiger partial charge is 0.356 e. The topological polar surface area (TPSA) is 6.48 Å². The average Bonchev–Trinajstić information content (AvgIpc) is 3.45. The highest BCUT2D eigenvalue weighted by Gasteiger charge is 2.24. The van der Waals surface area contributed by atoms with Crippen molar-refractivity contribution in [1.29, 1.82) is 0 Å². The predicted octanol–water partition coefficient (Wildman–Crippen LogP) is 15.5. The van der Waals surface area contributed by atoms with Gasteiger partial charge in [0.1, 0.15) is 6.17 Å². The summed E-state index contributed by atoms with van der Waals surface area (Å²) in [5.41, 5.74) is 0. The van der Waals surface area contributed by atoms with Crippen LogP contribution in [0.3, 0.4) is 0 Å². The molecule has 2 heteroatoms. The Morgan fingerprint density at radius 3 is 0.761 bits per heavy atom. The maximum absolute atomic E-state index is 2.73. The lowest BCUT2D eigenvalue weighted by molar-refractivity contribution is 0.135. The van der Waals surface area contributed by atoms with Crippen LogP contribution in [0.25, 0.3) is 0 Å². The van der Waals surface area contributed by atoms with Crippen LogP contribution in [0, 0.1) is 0 Å². The van der Waals surface area contributed by atoms with E-state index in [-0.39, 0.29) is 0 Å². The summed E-state index contributed by atoms with van der Waals surface area (Å²) >= 11 is 0. The Kier molecular flexibility index (Phi) is 33.6. The van der Waals surface area contributed by atoms with Crippen molar-refractivity contribution < 1.29 is 0 Å². The minimum atomic E-state index is 0.638. The second-order valence-electron chi connectivity index (χ2n) is 15.4. The van der Waals surface area contributed by atoms with Gasteiger partial charge >= 0.3 is 0 Å². The van der Waals surface area contributed by atoms with Crippen molar-refractivity contribution in [3.63, 3.8) is 0 Å². The Balaban J connectivity index is 2.21. The van der Waals surface area contributed by atoms with Crippen LogP contribution in [0.15, 0.2) is 12.4 Å². The minimum absolute atomic E-state index is 0.638. The maximum Gasteiger partial charge on any atom is 0.101 e. The fourth-order valence-corrected chi connectivity index (χ4v) is 7.60. The molecular formula is C44H88N2. The molecule has 0 N–H and O–H groups in total. The molecule has 0 saturated heterocycles. The second kappa shape index (κ2) is 35.6. The van der Waals surface area contributed by atoms with Gasteiger partial charge in [-0.25, -0.2) is 0 Å². The summed E-state index contributed by atoms with van der Waals surface area (Å²) in [5.74, 6) is 0. The van der Waals surface area contributed by atoms with Gasteiger partial charge in [0.05, 0.1) is 0 Å². The molecule has 2 nitrogen and oxygen atoms in total. The van der Waals surface area contributed by atoms with E-state index in [9.17, 15) is 0 Å². The number of hydrogen-bond donors (Lipinski definition) is 0. The predicted molar refractivity (Wildman–Crippen MR) is 210 cm³/mol. The molecule has 0 aromatic carbocycles. The molecule has 1 aliphatic heterocycles. The summed E-state index contributed by atoms with van der Waals surface area (Å²) in [7, 11) is 0. The first-order valence-corrected chi connectivity index (χ1v) is 22.0. The van der Waals surface area contributed by atoms with Gasteiger partial charge in [0.25, 0.3) is 0 Å². The molecule has 46 heavy (non-hydrogen) atoms. The molecule has 0 amide bonds. The normalized spacial score (nSPS) is 14.7. The van der Waals surface area contributed by atoms with Gasteiger partial charge in [0.2, 0.25) is 0 Å². The lowest BCUT2D eigenvalue weighted by Gasteiger charge is -2.33. The third-order valence-corrected chi connectivity index (χ3v) is 10.8. The van der Waals surface area contributed by atoms with E-state index in [1.54, 1.807) is 0 Å². The Morgan fingerprint density at radius 1 is 0.283 bits per heavy atom. The van der Waals surface area contributed by atoms with E-state index in [1.165, 1.54) is 244 Å². The highest BCUT2D eigenvalue weighted by Crippen LogP contribution is 2.24. The van der Waals surface area contributed by atoms with Crippen molar-refractivity contribution in [3.05, 3.63) is 12.4 Å². The summed E-state index contributed by atoms with van der Waals surface area (Å²) in [6.45, 7) is 9.49. The van der Waals surface area contributed by atoms with Crippen LogP contribution < -0.4 is 0 Å². The maximum atomic E-state index is 2.73.